The fourth-order valence-electron chi connectivity index (χ4n) is 2.59. The second-order valence-corrected chi connectivity index (χ2v) is 6.94. The molecule has 1 fully saturated rings. The molecule has 23 heavy (non-hydrogen) atoms. The Labute approximate surface area is 136 Å². The molecular weight excluding hydrogens is 299 g/mol. The second kappa shape index (κ2) is 7.17. The number of rotatable bonds is 3. The zero-order valence-corrected chi connectivity index (χ0v) is 13.9. The van der Waals surface area contributed by atoms with Crippen LogP contribution in [0.3, 0.4) is 0 Å². The van der Waals surface area contributed by atoms with E-state index in [1.807, 2.05) is 20.8 Å². The molecule has 1 amide bonds. The highest BCUT2D eigenvalue weighted by molar-refractivity contribution is 5.68. The third kappa shape index (κ3) is 5.71. The molecule has 128 valence electrons. The van der Waals surface area contributed by atoms with Crippen LogP contribution in [0.5, 0.6) is 5.75 Å². The zero-order chi connectivity index (χ0) is 17.0. The van der Waals surface area contributed by atoms with Gasteiger partial charge in [-0.3, -0.25) is 0 Å². The average Bonchev–Trinajstić information content (AvgIpc) is 2.43. The molecule has 2 N–H and O–H groups in total. The van der Waals surface area contributed by atoms with Gasteiger partial charge in [0.05, 0.1) is 0 Å². The first-order valence-corrected chi connectivity index (χ1v) is 7.93. The summed E-state index contributed by atoms with van der Waals surface area (Å²) in [6, 6.07) is 4.30. The van der Waals surface area contributed by atoms with Crippen molar-refractivity contribution in [2.24, 2.45) is 0 Å². The molecule has 0 bridgehead atoms. The number of phenolic OH excluding ortho intramolecular Hbond substituents is 1. The molecule has 1 aromatic rings. The number of hydrogen-bond acceptors (Lipinski definition) is 4. The number of likely N-dealkylation sites (tertiary alicyclic amines) is 1. The standard InChI is InChI=1S/C17H25FN2O3/c1-17(2,3)23-16(22)20-6-4-14(5-7-20)19-11-12-8-13(18)10-15(21)9-12/h8-10,14,19,21H,4-7,11H2,1-3H3. The third-order valence-electron chi connectivity index (χ3n) is 3.68. The van der Waals surface area contributed by atoms with E-state index in [-0.39, 0.29) is 17.9 Å². The Hall–Kier alpha value is -1.82. The molecule has 0 atom stereocenters. The largest absolute Gasteiger partial charge is 0.508 e. The predicted octanol–water partition coefficient (Wildman–Crippen LogP) is 3.02. The quantitative estimate of drug-likeness (QED) is 0.897. The maximum atomic E-state index is 13.2. The van der Waals surface area contributed by atoms with Gasteiger partial charge >= 0.3 is 6.09 Å². The monoisotopic (exact) mass is 324 g/mol. The van der Waals surface area contributed by atoms with Crippen molar-refractivity contribution >= 4 is 6.09 Å². The number of nitrogens with one attached hydrogen (secondary N) is 1. The van der Waals surface area contributed by atoms with Crippen LogP contribution in [-0.4, -0.2) is 40.8 Å². The van der Waals surface area contributed by atoms with Crippen LogP contribution in [0.2, 0.25) is 0 Å². The molecule has 1 aliphatic heterocycles. The number of carbonyl (C=O) groups excluding carboxylic acids is 1. The maximum absolute atomic E-state index is 13.2. The van der Waals surface area contributed by atoms with Gasteiger partial charge in [0.2, 0.25) is 0 Å². The second-order valence-electron chi connectivity index (χ2n) is 6.94. The van der Waals surface area contributed by atoms with Gasteiger partial charge in [0.15, 0.2) is 0 Å². The summed E-state index contributed by atoms with van der Waals surface area (Å²) in [5, 5.41) is 12.7. The van der Waals surface area contributed by atoms with Crippen molar-refractivity contribution in [2.45, 2.75) is 51.8 Å². The summed E-state index contributed by atoms with van der Waals surface area (Å²) >= 11 is 0. The molecule has 0 radical (unpaired) electrons. The van der Waals surface area contributed by atoms with Gasteiger partial charge in [0.25, 0.3) is 0 Å². The number of hydrogen-bond donors (Lipinski definition) is 2. The van der Waals surface area contributed by atoms with E-state index in [4.69, 9.17) is 4.74 Å². The van der Waals surface area contributed by atoms with Gasteiger partial charge in [-0.1, -0.05) is 0 Å². The number of carbonyl (C=O) groups is 1. The minimum absolute atomic E-state index is 0.0680. The van der Waals surface area contributed by atoms with E-state index < -0.39 is 11.4 Å². The highest BCUT2D eigenvalue weighted by Crippen LogP contribution is 2.17. The lowest BCUT2D eigenvalue weighted by atomic mass is 10.0. The van der Waals surface area contributed by atoms with Crippen molar-refractivity contribution in [1.82, 2.24) is 10.2 Å². The van der Waals surface area contributed by atoms with Gasteiger partial charge in [-0.05, 0) is 51.3 Å². The molecule has 1 aliphatic rings. The van der Waals surface area contributed by atoms with Crippen molar-refractivity contribution in [3.8, 4) is 5.75 Å². The van der Waals surface area contributed by atoms with Crippen molar-refractivity contribution in [3.63, 3.8) is 0 Å². The first-order chi connectivity index (χ1) is 10.7. The number of nitrogens with zero attached hydrogens (tertiary/aromatic N) is 1. The van der Waals surface area contributed by atoms with Gasteiger partial charge in [-0.25, -0.2) is 9.18 Å². The van der Waals surface area contributed by atoms with E-state index in [1.165, 1.54) is 6.07 Å². The van der Waals surface area contributed by atoms with Crippen LogP contribution >= 0.6 is 0 Å². The zero-order valence-electron chi connectivity index (χ0n) is 13.9. The molecule has 2 rings (SSSR count). The fraction of sp³-hybridized carbons (Fsp3) is 0.588. The molecule has 1 heterocycles. The number of amides is 1. The lowest BCUT2D eigenvalue weighted by Gasteiger charge is -2.33. The highest BCUT2D eigenvalue weighted by Gasteiger charge is 2.26. The Morgan fingerprint density at radius 1 is 1.35 bits per heavy atom. The summed E-state index contributed by atoms with van der Waals surface area (Å²) in [5.74, 6) is -0.511. The van der Waals surface area contributed by atoms with Gasteiger partial charge in [0, 0.05) is 31.7 Å². The number of halogens is 1. The highest BCUT2D eigenvalue weighted by atomic mass is 19.1. The molecule has 0 unspecified atom stereocenters. The Morgan fingerprint density at radius 2 is 2.00 bits per heavy atom. The Morgan fingerprint density at radius 3 is 2.57 bits per heavy atom. The molecule has 1 aromatic carbocycles. The summed E-state index contributed by atoms with van der Waals surface area (Å²) in [6.07, 6.45) is 1.37. The van der Waals surface area contributed by atoms with Crippen molar-refractivity contribution in [2.75, 3.05) is 13.1 Å². The molecule has 6 heteroatoms. The number of ether oxygens (including phenoxy) is 1. The molecule has 0 spiro atoms. The normalized spacial score (nSPS) is 16.4. The van der Waals surface area contributed by atoms with Crippen LogP contribution in [0.15, 0.2) is 18.2 Å². The Balaban J connectivity index is 1.77. The summed E-state index contributed by atoms with van der Waals surface area (Å²) in [7, 11) is 0. The molecule has 5 nitrogen and oxygen atoms in total. The van der Waals surface area contributed by atoms with E-state index in [0.717, 1.165) is 18.9 Å². The minimum Gasteiger partial charge on any atom is -0.508 e. The van der Waals surface area contributed by atoms with Crippen LogP contribution in [0.25, 0.3) is 0 Å². The van der Waals surface area contributed by atoms with Crippen LogP contribution < -0.4 is 5.32 Å². The maximum Gasteiger partial charge on any atom is 0.410 e. The van der Waals surface area contributed by atoms with E-state index >= 15 is 0 Å². The van der Waals surface area contributed by atoms with Gasteiger partial charge < -0.3 is 20.1 Å². The van der Waals surface area contributed by atoms with Crippen LogP contribution in [-0.2, 0) is 11.3 Å². The van der Waals surface area contributed by atoms with Crippen molar-refractivity contribution in [1.29, 1.82) is 0 Å². The molecule has 0 aromatic heterocycles. The van der Waals surface area contributed by atoms with Gasteiger partial charge in [-0.15, -0.1) is 0 Å². The van der Waals surface area contributed by atoms with Gasteiger partial charge in [-0.2, -0.15) is 0 Å². The summed E-state index contributed by atoms with van der Waals surface area (Å²) < 4.78 is 18.6. The average molecular weight is 324 g/mol. The van der Waals surface area contributed by atoms with Gasteiger partial charge in [0.1, 0.15) is 17.2 Å². The molecule has 0 saturated carbocycles. The minimum atomic E-state index is -0.481. The predicted molar refractivity (Wildman–Crippen MR) is 85.7 cm³/mol. The first-order valence-electron chi connectivity index (χ1n) is 7.93. The van der Waals surface area contributed by atoms with Crippen molar-refractivity contribution < 1.29 is 19.0 Å². The fourth-order valence-corrected chi connectivity index (χ4v) is 2.59. The Bertz CT molecular complexity index is 529. The molecule has 0 aliphatic carbocycles. The van der Waals surface area contributed by atoms with E-state index in [0.29, 0.717) is 25.2 Å². The lowest BCUT2D eigenvalue weighted by molar-refractivity contribution is 0.0198. The number of phenols is 1. The third-order valence-corrected chi connectivity index (χ3v) is 3.68. The number of piperidine rings is 1. The van der Waals surface area contributed by atoms with Crippen LogP contribution in [0, 0.1) is 5.82 Å². The summed E-state index contributed by atoms with van der Waals surface area (Å²) in [4.78, 5) is 13.7. The topological polar surface area (TPSA) is 61.8 Å². The smallest absolute Gasteiger partial charge is 0.410 e. The van der Waals surface area contributed by atoms with Crippen molar-refractivity contribution in [3.05, 3.63) is 29.6 Å². The molecular formula is C17H25FN2O3. The summed E-state index contributed by atoms with van der Waals surface area (Å²) in [6.45, 7) is 7.33. The first kappa shape index (κ1) is 17.5. The number of benzene rings is 1. The SMILES string of the molecule is CC(C)(C)OC(=O)N1CCC(NCc2cc(O)cc(F)c2)CC1. The van der Waals surface area contributed by atoms with E-state index in [9.17, 15) is 14.3 Å². The van der Waals surface area contributed by atoms with Crippen LogP contribution in [0.1, 0.15) is 39.2 Å². The van der Waals surface area contributed by atoms with Crippen LogP contribution in [0.4, 0.5) is 9.18 Å². The number of aromatic hydroxyl groups is 1. The lowest BCUT2D eigenvalue weighted by Crippen LogP contribution is -2.46. The Kier molecular flexibility index (Phi) is 5.46. The van der Waals surface area contributed by atoms with E-state index in [2.05, 4.69) is 5.32 Å². The molecule has 1 saturated heterocycles. The van der Waals surface area contributed by atoms with E-state index in [1.54, 1.807) is 11.0 Å². The summed E-state index contributed by atoms with van der Waals surface area (Å²) in [5.41, 5.74) is 0.225.